The quantitative estimate of drug-likeness (QED) is 0.294. The Labute approximate surface area is 210 Å². The Kier molecular flexibility index (Phi) is 5.52. The number of hydrogen-bond acceptors (Lipinski definition) is 5. The topological polar surface area (TPSA) is 115 Å². The Morgan fingerprint density at radius 3 is 2.72 bits per heavy atom. The van der Waals surface area contributed by atoms with Crippen LogP contribution in [0, 0.1) is 23.2 Å². The summed E-state index contributed by atoms with van der Waals surface area (Å²) in [6, 6.07) is 7.73. The lowest BCUT2D eigenvalue weighted by Gasteiger charge is -2.46. The first-order chi connectivity index (χ1) is 17.2. The molecular weight excluding hydrogens is 456 g/mol. The van der Waals surface area contributed by atoms with E-state index >= 15 is 0 Å². The summed E-state index contributed by atoms with van der Waals surface area (Å²) in [7, 11) is 0. The summed E-state index contributed by atoms with van der Waals surface area (Å²) in [6.07, 6.45) is 4.46. The number of Topliss-reactive ketones (excluding diaryl/α,β-unsaturated/α-hetero) is 1. The van der Waals surface area contributed by atoms with Gasteiger partial charge >= 0.3 is 0 Å². The largest absolute Gasteiger partial charge is 0.390 e. The van der Waals surface area contributed by atoms with E-state index in [1.54, 1.807) is 0 Å². The number of fused-ring (bicyclic) bond motifs is 2. The zero-order chi connectivity index (χ0) is 25.4. The number of carbonyl (C=O) groups is 2. The Morgan fingerprint density at radius 1 is 1.14 bits per heavy atom. The summed E-state index contributed by atoms with van der Waals surface area (Å²) < 4.78 is 5.75. The fourth-order valence-electron chi connectivity index (χ4n) is 7.18. The van der Waals surface area contributed by atoms with Crippen molar-refractivity contribution in [1.82, 2.24) is 10.3 Å². The second-order valence-corrected chi connectivity index (χ2v) is 11.3. The Balaban J connectivity index is 1.48. The highest BCUT2D eigenvalue weighted by molar-refractivity contribution is 6.12. The minimum absolute atomic E-state index is 0.187. The maximum Gasteiger partial charge on any atom is 0.235 e. The van der Waals surface area contributed by atoms with Gasteiger partial charge in [0.25, 0.3) is 0 Å². The molecule has 1 amide bonds. The lowest BCUT2D eigenvalue weighted by Crippen LogP contribution is -2.57. The molecular formula is C29H34N2O5. The molecule has 9 unspecified atom stereocenters. The smallest absolute Gasteiger partial charge is 0.235 e. The minimum Gasteiger partial charge on any atom is -0.390 e. The van der Waals surface area contributed by atoms with Crippen LogP contribution in [0.3, 0.4) is 0 Å². The highest BCUT2D eigenvalue weighted by atomic mass is 16.6. The molecule has 7 heteroatoms. The molecule has 1 aromatic carbocycles. The van der Waals surface area contributed by atoms with Gasteiger partial charge in [-0.1, -0.05) is 42.8 Å². The molecule has 1 aromatic heterocycles. The number of H-pyrrole nitrogens is 1. The van der Waals surface area contributed by atoms with Crippen molar-refractivity contribution in [1.29, 1.82) is 0 Å². The lowest BCUT2D eigenvalue weighted by molar-refractivity contribution is -0.148. The molecule has 3 heterocycles. The van der Waals surface area contributed by atoms with E-state index in [0.717, 1.165) is 27.6 Å². The zero-order valence-electron chi connectivity index (χ0n) is 20.9. The average Bonchev–Trinajstić information content (AvgIpc) is 3.48. The Morgan fingerprint density at radius 2 is 1.92 bits per heavy atom. The van der Waals surface area contributed by atoms with Crippen LogP contribution in [0.2, 0.25) is 0 Å². The second kappa shape index (κ2) is 8.40. The van der Waals surface area contributed by atoms with Gasteiger partial charge in [0.1, 0.15) is 17.6 Å². The van der Waals surface area contributed by atoms with E-state index in [0.29, 0.717) is 19.3 Å². The molecule has 2 aliphatic carbocycles. The van der Waals surface area contributed by atoms with E-state index in [2.05, 4.69) is 23.3 Å². The number of allylic oxidation sites excluding steroid dienone is 1. The molecule has 0 bridgehead atoms. The zero-order valence-corrected chi connectivity index (χ0v) is 20.9. The summed E-state index contributed by atoms with van der Waals surface area (Å²) in [5.74, 6) is -1.60. The molecule has 4 aliphatic rings. The molecule has 9 atom stereocenters. The predicted octanol–water partition coefficient (Wildman–Crippen LogP) is 2.82. The van der Waals surface area contributed by atoms with Gasteiger partial charge in [-0.15, -0.1) is 0 Å². The van der Waals surface area contributed by atoms with E-state index in [9.17, 15) is 19.8 Å². The van der Waals surface area contributed by atoms with Crippen molar-refractivity contribution in [2.24, 2.45) is 23.2 Å². The molecule has 2 saturated heterocycles. The molecule has 7 nitrogen and oxygen atoms in total. The first-order valence-corrected chi connectivity index (χ1v) is 13.0. The summed E-state index contributed by atoms with van der Waals surface area (Å²) in [4.78, 5) is 31.6. The Bertz CT molecular complexity index is 1290. The van der Waals surface area contributed by atoms with Crippen LogP contribution in [-0.2, 0) is 20.7 Å². The molecule has 2 aromatic rings. The fourth-order valence-corrected chi connectivity index (χ4v) is 7.18. The van der Waals surface area contributed by atoms with E-state index in [1.165, 1.54) is 0 Å². The predicted molar refractivity (Wildman–Crippen MR) is 135 cm³/mol. The van der Waals surface area contributed by atoms with Crippen molar-refractivity contribution in [3.8, 4) is 0 Å². The van der Waals surface area contributed by atoms with Gasteiger partial charge in [0.2, 0.25) is 5.91 Å². The van der Waals surface area contributed by atoms with Gasteiger partial charge in [0.05, 0.1) is 12.2 Å². The number of ketones is 1. The van der Waals surface area contributed by atoms with Gasteiger partial charge in [-0.25, -0.2) is 0 Å². The molecule has 0 radical (unpaired) electrons. The lowest BCUT2D eigenvalue weighted by atomic mass is 9.54. The van der Waals surface area contributed by atoms with Crippen LogP contribution >= 0.6 is 0 Å². The number of carbonyl (C=O) groups excluding carboxylic acids is 2. The third kappa shape index (κ3) is 3.29. The highest BCUT2D eigenvalue weighted by Crippen LogP contribution is 2.57. The number of para-hydroxylation sites is 1. The first-order valence-electron chi connectivity index (χ1n) is 13.0. The molecule has 2 aliphatic heterocycles. The number of ether oxygens (including phenoxy) is 1. The number of benzene rings is 1. The van der Waals surface area contributed by atoms with Crippen LogP contribution in [-0.4, -0.2) is 57.3 Å². The van der Waals surface area contributed by atoms with Gasteiger partial charge < -0.3 is 25.3 Å². The van der Waals surface area contributed by atoms with E-state index in [4.69, 9.17) is 4.74 Å². The van der Waals surface area contributed by atoms with Crippen molar-refractivity contribution >= 4 is 22.6 Å². The second-order valence-electron chi connectivity index (χ2n) is 11.3. The van der Waals surface area contributed by atoms with Gasteiger partial charge in [0.15, 0.2) is 5.78 Å². The van der Waals surface area contributed by atoms with Crippen molar-refractivity contribution in [3.63, 3.8) is 0 Å². The third-order valence-corrected chi connectivity index (χ3v) is 9.19. The van der Waals surface area contributed by atoms with Crippen LogP contribution in [0.5, 0.6) is 0 Å². The van der Waals surface area contributed by atoms with E-state index in [-0.39, 0.29) is 23.7 Å². The molecule has 2 fully saturated rings. The van der Waals surface area contributed by atoms with E-state index in [1.807, 2.05) is 50.4 Å². The first kappa shape index (κ1) is 23.6. The molecule has 0 saturated carbocycles. The number of amides is 1. The summed E-state index contributed by atoms with van der Waals surface area (Å²) in [6.45, 7) is 5.89. The van der Waals surface area contributed by atoms with Gasteiger partial charge in [-0.3, -0.25) is 9.59 Å². The maximum atomic E-state index is 14.3. The van der Waals surface area contributed by atoms with Gasteiger partial charge in [-0.05, 0) is 56.2 Å². The van der Waals surface area contributed by atoms with Crippen LogP contribution in [0.15, 0.2) is 53.8 Å². The number of aliphatic hydroxyl groups is 2. The maximum absolute atomic E-state index is 14.3. The van der Waals surface area contributed by atoms with Gasteiger partial charge in [0, 0.05) is 35.0 Å². The van der Waals surface area contributed by atoms with Crippen LogP contribution in [0.25, 0.3) is 10.9 Å². The van der Waals surface area contributed by atoms with E-state index < -0.39 is 41.7 Å². The van der Waals surface area contributed by atoms with Crippen molar-refractivity contribution in [3.05, 3.63) is 59.3 Å². The minimum atomic E-state index is -1.48. The summed E-state index contributed by atoms with van der Waals surface area (Å²) in [5.41, 5.74) is 2.31. The summed E-state index contributed by atoms with van der Waals surface area (Å²) >= 11 is 0. The number of aromatic amines is 1. The Hall–Kier alpha value is -2.74. The van der Waals surface area contributed by atoms with Crippen LogP contribution < -0.4 is 5.32 Å². The average molecular weight is 491 g/mol. The number of hydrogen-bond donors (Lipinski definition) is 4. The third-order valence-electron chi connectivity index (χ3n) is 9.19. The molecule has 1 spiro atoms. The monoisotopic (exact) mass is 490 g/mol. The number of aliphatic hydroxyl groups excluding tert-OH is 2. The van der Waals surface area contributed by atoms with Crippen molar-refractivity contribution < 1.29 is 24.5 Å². The summed E-state index contributed by atoms with van der Waals surface area (Å²) in [5, 5.41) is 26.4. The van der Waals surface area contributed by atoms with Crippen LogP contribution in [0.1, 0.15) is 39.2 Å². The molecule has 36 heavy (non-hydrogen) atoms. The molecule has 4 N–H and O–H groups in total. The number of epoxide rings is 1. The number of rotatable bonds is 2. The number of aromatic nitrogens is 1. The molecule has 190 valence electrons. The standard InChI is InChI=1S/C29H34N2O5/c1-14-7-6-9-19-24(33)16(3)15(2)23-21(12-17-13-30-20-10-5-4-8-18(17)20)31-28(35)29(19,23)27(34)26-25(36-26)22(32)11-14/h4-6,8-10,13-14,19,21-26,30,32-33H,7,11-12H2,1-3H3,(H,31,35)/b9-6+. The highest BCUT2D eigenvalue weighted by Gasteiger charge is 2.71. The van der Waals surface area contributed by atoms with Crippen molar-refractivity contribution in [2.75, 3.05) is 0 Å². The number of nitrogens with one attached hydrogen (secondary N) is 2. The SMILES string of the molecule is CC1=C(C)C2C(Cc3c[nH]c4ccccc34)NC(=O)C23C(=O)C2OC2C(O)CC(C)C/C=C/C3C1O. The van der Waals surface area contributed by atoms with Crippen molar-refractivity contribution in [2.45, 2.75) is 70.5 Å². The van der Waals surface area contributed by atoms with Gasteiger partial charge in [-0.2, -0.15) is 0 Å². The normalized spacial score (nSPS) is 41.2. The van der Waals surface area contributed by atoms with Crippen LogP contribution in [0.4, 0.5) is 0 Å². The fraction of sp³-hybridized carbons (Fsp3) is 0.517. The molecule has 6 rings (SSSR count).